The zero-order valence-electron chi connectivity index (χ0n) is 14.8. The third kappa shape index (κ3) is 3.38. The van der Waals surface area contributed by atoms with E-state index < -0.39 is 0 Å². The zero-order valence-corrected chi connectivity index (χ0v) is 15.6. The Morgan fingerprint density at radius 1 is 1.26 bits per heavy atom. The predicted molar refractivity (Wildman–Crippen MR) is 106 cm³/mol. The molecule has 7 heteroatoms. The number of ether oxygens (including phenoxy) is 1. The van der Waals surface area contributed by atoms with Crippen LogP contribution in [0.5, 0.6) is 5.75 Å². The van der Waals surface area contributed by atoms with E-state index in [0.717, 1.165) is 41.4 Å². The number of thiocarbonyl (C=S) groups is 1. The Balaban J connectivity index is 1.68. The molecule has 3 aromatic rings. The number of aromatic amines is 1. The van der Waals surface area contributed by atoms with Crippen molar-refractivity contribution in [2.75, 3.05) is 19.0 Å². The fourth-order valence-corrected chi connectivity index (χ4v) is 3.72. The zero-order chi connectivity index (χ0) is 18.8. The number of aromatic nitrogens is 2. The van der Waals surface area contributed by atoms with E-state index in [1.165, 1.54) is 12.1 Å². The van der Waals surface area contributed by atoms with Crippen molar-refractivity contribution in [3.05, 3.63) is 77.6 Å². The predicted octanol–water partition coefficient (Wildman–Crippen LogP) is 3.90. The largest absolute Gasteiger partial charge is 0.495 e. The van der Waals surface area contributed by atoms with E-state index in [4.69, 9.17) is 17.0 Å². The molecular formula is C20H19FN4OS. The maximum absolute atomic E-state index is 13.4. The molecule has 0 amide bonds. The minimum absolute atomic E-state index is 0.185. The summed E-state index contributed by atoms with van der Waals surface area (Å²) in [5.41, 5.74) is 3.74. The summed E-state index contributed by atoms with van der Waals surface area (Å²) in [5.74, 6) is 0.453. The average molecular weight is 382 g/mol. The van der Waals surface area contributed by atoms with Gasteiger partial charge >= 0.3 is 0 Å². The molecule has 138 valence electrons. The number of anilines is 1. The number of H-pyrrole nitrogens is 1. The minimum atomic E-state index is -0.266. The molecule has 1 aliphatic heterocycles. The van der Waals surface area contributed by atoms with Gasteiger partial charge in [0, 0.05) is 18.7 Å². The SMILES string of the molecule is COc1ccccc1NC(=S)N1CCc2[nH]cnc2[C@H]1c1ccc(F)cc1. The Hall–Kier alpha value is -2.93. The highest BCUT2D eigenvalue weighted by molar-refractivity contribution is 7.80. The van der Waals surface area contributed by atoms with Gasteiger partial charge in [0.05, 0.1) is 24.8 Å². The molecule has 0 fully saturated rings. The first-order valence-corrected chi connectivity index (χ1v) is 9.06. The molecule has 2 N–H and O–H groups in total. The van der Waals surface area contributed by atoms with Gasteiger partial charge in [-0.15, -0.1) is 0 Å². The van der Waals surface area contributed by atoms with Gasteiger partial charge in [0.25, 0.3) is 0 Å². The van der Waals surface area contributed by atoms with Crippen molar-refractivity contribution < 1.29 is 9.13 Å². The van der Waals surface area contributed by atoms with Gasteiger partial charge in [-0.2, -0.15) is 0 Å². The number of hydrogen-bond donors (Lipinski definition) is 2. The fourth-order valence-electron chi connectivity index (χ4n) is 3.41. The van der Waals surface area contributed by atoms with E-state index in [2.05, 4.69) is 20.2 Å². The third-order valence-corrected chi connectivity index (χ3v) is 5.06. The van der Waals surface area contributed by atoms with E-state index in [1.54, 1.807) is 25.6 Å². The van der Waals surface area contributed by atoms with Crippen LogP contribution in [0.3, 0.4) is 0 Å². The summed E-state index contributed by atoms with van der Waals surface area (Å²) >= 11 is 5.72. The number of hydrogen-bond acceptors (Lipinski definition) is 3. The molecule has 0 aliphatic carbocycles. The summed E-state index contributed by atoms with van der Waals surface area (Å²) in [5, 5.41) is 3.86. The summed E-state index contributed by atoms with van der Waals surface area (Å²) in [6.45, 7) is 0.720. The minimum Gasteiger partial charge on any atom is -0.495 e. The van der Waals surface area contributed by atoms with Crippen LogP contribution in [-0.2, 0) is 6.42 Å². The maximum Gasteiger partial charge on any atom is 0.174 e. The molecular weight excluding hydrogens is 363 g/mol. The molecule has 0 radical (unpaired) electrons. The number of methoxy groups -OCH3 is 1. The van der Waals surface area contributed by atoms with E-state index in [0.29, 0.717) is 5.11 Å². The van der Waals surface area contributed by atoms with E-state index in [-0.39, 0.29) is 11.9 Å². The second-order valence-corrected chi connectivity index (χ2v) is 6.68. The second-order valence-electron chi connectivity index (χ2n) is 6.29. The highest BCUT2D eigenvalue weighted by Crippen LogP contribution is 2.34. The van der Waals surface area contributed by atoms with Crippen molar-refractivity contribution in [1.82, 2.24) is 14.9 Å². The van der Waals surface area contributed by atoms with Gasteiger partial charge in [-0.3, -0.25) is 0 Å². The molecule has 0 bridgehead atoms. The second kappa shape index (κ2) is 7.36. The average Bonchev–Trinajstić information content (AvgIpc) is 3.17. The lowest BCUT2D eigenvalue weighted by Gasteiger charge is -2.37. The van der Waals surface area contributed by atoms with Gasteiger partial charge < -0.3 is 19.9 Å². The molecule has 0 saturated carbocycles. The van der Waals surface area contributed by atoms with Crippen molar-refractivity contribution in [3.63, 3.8) is 0 Å². The molecule has 1 atom stereocenters. The summed E-state index contributed by atoms with van der Waals surface area (Å²) in [7, 11) is 1.63. The van der Waals surface area contributed by atoms with Gasteiger partial charge in [-0.05, 0) is 42.0 Å². The van der Waals surface area contributed by atoms with Crippen LogP contribution in [0.2, 0.25) is 0 Å². The molecule has 2 aromatic carbocycles. The lowest BCUT2D eigenvalue weighted by molar-refractivity contribution is 0.336. The summed E-state index contributed by atoms with van der Waals surface area (Å²) in [6.07, 6.45) is 2.50. The van der Waals surface area contributed by atoms with Crippen LogP contribution in [0, 0.1) is 5.82 Å². The highest BCUT2D eigenvalue weighted by Gasteiger charge is 2.32. The van der Waals surface area contributed by atoms with Crippen LogP contribution in [0.4, 0.5) is 10.1 Å². The quantitative estimate of drug-likeness (QED) is 0.673. The van der Waals surface area contributed by atoms with Crippen LogP contribution in [0.1, 0.15) is 23.0 Å². The normalized spacial score (nSPS) is 15.9. The van der Waals surface area contributed by atoms with Gasteiger partial charge in [0.1, 0.15) is 17.6 Å². The molecule has 5 nitrogen and oxygen atoms in total. The molecule has 27 heavy (non-hydrogen) atoms. The monoisotopic (exact) mass is 382 g/mol. The first-order valence-electron chi connectivity index (χ1n) is 8.65. The molecule has 0 spiro atoms. The number of halogens is 1. The number of rotatable bonds is 3. The first kappa shape index (κ1) is 17.5. The van der Waals surface area contributed by atoms with Crippen molar-refractivity contribution in [2.24, 2.45) is 0 Å². The van der Waals surface area contributed by atoms with Gasteiger partial charge in [0.2, 0.25) is 0 Å². The van der Waals surface area contributed by atoms with Crippen molar-refractivity contribution in [1.29, 1.82) is 0 Å². The Kier molecular flexibility index (Phi) is 4.77. The number of para-hydroxylation sites is 2. The molecule has 1 aromatic heterocycles. The Bertz CT molecular complexity index is 957. The van der Waals surface area contributed by atoms with Gasteiger partial charge in [0.15, 0.2) is 5.11 Å². The fraction of sp³-hybridized carbons (Fsp3) is 0.200. The number of nitrogens with zero attached hydrogens (tertiary/aromatic N) is 2. The van der Waals surface area contributed by atoms with Crippen LogP contribution >= 0.6 is 12.2 Å². The molecule has 0 saturated heterocycles. The number of benzene rings is 2. The highest BCUT2D eigenvalue weighted by atomic mass is 32.1. The summed E-state index contributed by atoms with van der Waals surface area (Å²) in [4.78, 5) is 9.79. The Morgan fingerprint density at radius 3 is 2.81 bits per heavy atom. The number of fused-ring (bicyclic) bond motifs is 1. The molecule has 1 aliphatic rings. The molecule has 4 rings (SSSR count). The molecule has 0 unspecified atom stereocenters. The number of nitrogens with one attached hydrogen (secondary N) is 2. The van der Waals surface area contributed by atoms with Crippen LogP contribution in [-0.4, -0.2) is 33.6 Å². The van der Waals surface area contributed by atoms with Crippen LogP contribution < -0.4 is 10.1 Å². The van der Waals surface area contributed by atoms with Crippen LogP contribution in [0.25, 0.3) is 0 Å². The molecule has 2 heterocycles. The third-order valence-electron chi connectivity index (χ3n) is 4.72. The van der Waals surface area contributed by atoms with Crippen molar-refractivity contribution in [3.8, 4) is 5.75 Å². The Labute approximate surface area is 162 Å². The standard InChI is InChI=1S/C20H19FN4OS/c1-26-17-5-3-2-4-15(17)24-20(27)25-11-10-16-18(23-12-22-16)19(25)13-6-8-14(21)9-7-13/h2-9,12,19H,10-11H2,1H3,(H,22,23)(H,24,27)/t19-/m1/s1. The summed E-state index contributed by atoms with van der Waals surface area (Å²) < 4.78 is 18.8. The van der Waals surface area contributed by atoms with Crippen LogP contribution in [0.15, 0.2) is 54.9 Å². The van der Waals surface area contributed by atoms with E-state index in [9.17, 15) is 4.39 Å². The van der Waals surface area contributed by atoms with Gasteiger partial charge in [-0.25, -0.2) is 9.37 Å². The summed E-state index contributed by atoms with van der Waals surface area (Å²) in [6, 6.07) is 13.9. The lowest BCUT2D eigenvalue weighted by Crippen LogP contribution is -2.43. The van der Waals surface area contributed by atoms with E-state index in [1.807, 2.05) is 24.3 Å². The van der Waals surface area contributed by atoms with Gasteiger partial charge in [-0.1, -0.05) is 24.3 Å². The van der Waals surface area contributed by atoms with Crippen molar-refractivity contribution in [2.45, 2.75) is 12.5 Å². The van der Waals surface area contributed by atoms with Crippen molar-refractivity contribution >= 4 is 23.0 Å². The Morgan fingerprint density at radius 2 is 2.04 bits per heavy atom. The maximum atomic E-state index is 13.4. The smallest absolute Gasteiger partial charge is 0.174 e. The lowest BCUT2D eigenvalue weighted by atomic mass is 9.96. The van der Waals surface area contributed by atoms with E-state index >= 15 is 0 Å². The topological polar surface area (TPSA) is 53.2 Å². The first-order chi connectivity index (χ1) is 13.2. The number of imidazole rings is 1.